The number of hydrogen-bond donors (Lipinski definition) is 0. The summed E-state index contributed by atoms with van der Waals surface area (Å²) in [4.78, 5) is 10.8. The second kappa shape index (κ2) is 6.01. The van der Waals surface area contributed by atoms with Gasteiger partial charge in [0.15, 0.2) is 0 Å². The molecule has 0 N–H and O–H groups in total. The highest BCUT2D eigenvalue weighted by Gasteiger charge is 2.25. The molecule has 0 bridgehead atoms. The van der Waals surface area contributed by atoms with Crippen molar-refractivity contribution in [3.63, 3.8) is 0 Å². The number of carbonyl (C=O) groups excluding carboxylic acids is 1. The van der Waals surface area contributed by atoms with Crippen molar-refractivity contribution in [2.24, 2.45) is 0 Å². The van der Waals surface area contributed by atoms with Crippen molar-refractivity contribution in [2.75, 3.05) is 7.11 Å². The molecule has 0 radical (unpaired) electrons. The Morgan fingerprint density at radius 1 is 1.58 bits per heavy atom. The van der Waals surface area contributed by atoms with Crippen molar-refractivity contribution in [1.82, 2.24) is 0 Å². The molecule has 0 rings (SSSR count). The van der Waals surface area contributed by atoms with Gasteiger partial charge in [0.25, 0.3) is 3.93 Å². The summed E-state index contributed by atoms with van der Waals surface area (Å²) in [6.45, 7) is 0. The molecule has 0 saturated heterocycles. The molecule has 0 heterocycles. The zero-order chi connectivity index (χ0) is 9.78. The van der Waals surface area contributed by atoms with Crippen LogP contribution in [0.25, 0.3) is 0 Å². The standard InChI is InChI=1S/C5H8Br3ClO2Si/c1-11-5(10)4(9)2-3-12(6,7)8/h4H,2-3H2,1H3. The van der Waals surface area contributed by atoms with Crippen molar-refractivity contribution in [3.05, 3.63) is 0 Å². The maximum absolute atomic E-state index is 10.8. The molecule has 1 atom stereocenters. The van der Waals surface area contributed by atoms with Gasteiger partial charge in [-0.1, -0.05) is 45.9 Å². The van der Waals surface area contributed by atoms with Crippen LogP contribution >= 0.6 is 57.5 Å². The van der Waals surface area contributed by atoms with Crippen molar-refractivity contribution in [2.45, 2.75) is 17.8 Å². The molecule has 0 aromatic rings. The van der Waals surface area contributed by atoms with Crippen LogP contribution in [-0.2, 0) is 9.53 Å². The van der Waals surface area contributed by atoms with Crippen LogP contribution in [0.5, 0.6) is 0 Å². The maximum atomic E-state index is 10.8. The van der Waals surface area contributed by atoms with Crippen LogP contribution in [0.3, 0.4) is 0 Å². The number of esters is 1. The third-order valence-electron chi connectivity index (χ3n) is 1.14. The second-order valence-electron chi connectivity index (χ2n) is 2.14. The van der Waals surface area contributed by atoms with Crippen LogP contribution < -0.4 is 0 Å². The van der Waals surface area contributed by atoms with Gasteiger partial charge in [-0.15, -0.1) is 11.6 Å². The van der Waals surface area contributed by atoms with E-state index in [0.29, 0.717) is 6.42 Å². The average molecular weight is 403 g/mol. The number of alkyl halides is 1. The highest BCUT2D eigenvalue weighted by atomic mass is 80.0. The smallest absolute Gasteiger partial charge is 0.323 e. The lowest BCUT2D eigenvalue weighted by Crippen LogP contribution is -2.19. The summed E-state index contributed by atoms with van der Waals surface area (Å²) < 4.78 is 2.84. The highest BCUT2D eigenvalue weighted by molar-refractivity contribution is 9.72. The van der Waals surface area contributed by atoms with Crippen LogP contribution in [0, 0.1) is 0 Å². The SMILES string of the molecule is COC(=O)C(Cl)CC[Si](Br)(Br)Br. The van der Waals surface area contributed by atoms with Gasteiger partial charge in [-0.05, 0) is 12.5 Å². The lowest BCUT2D eigenvalue weighted by molar-refractivity contribution is -0.140. The van der Waals surface area contributed by atoms with Crippen LogP contribution in [0.2, 0.25) is 6.04 Å². The van der Waals surface area contributed by atoms with Crippen LogP contribution in [0.4, 0.5) is 0 Å². The molecular weight excluding hydrogens is 395 g/mol. The van der Waals surface area contributed by atoms with Crippen molar-refractivity contribution in [1.29, 1.82) is 0 Å². The predicted molar refractivity (Wildman–Crippen MR) is 63.6 cm³/mol. The Kier molecular flexibility index (Phi) is 6.71. The minimum atomic E-state index is -1.63. The quantitative estimate of drug-likeness (QED) is 0.312. The number of rotatable bonds is 4. The monoisotopic (exact) mass is 400 g/mol. The first kappa shape index (κ1) is 13.4. The topological polar surface area (TPSA) is 26.3 Å². The zero-order valence-corrected chi connectivity index (χ0v) is 12.8. The van der Waals surface area contributed by atoms with Gasteiger partial charge in [-0.2, -0.15) is 0 Å². The van der Waals surface area contributed by atoms with Gasteiger partial charge in [0, 0.05) is 0 Å². The van der Waals surface area contributed by atoms with E-state index < -0.39 is 9.31 Å². The average Bonchev–Trinajstić information content (AvgIpc) is 1.97. The second-order valence-corrected chi connectivity index (χ2v) is 26.2. The van der Waals surface area contributed by atoms with Crippen molar-refractivity contribution in [3.8, 4) is 0 Å². The van der Waals surface area contributed by atoms with Gasteiger partial charge in [0.1, 0.15) is 5.38 Å². The fraction of sp³-hybridized carbons (Fsp3) is 0.800. The lowest BCUT2D eigenvalue weighted by Gasteiger charge is -2.11. The summed E-state index contributed by atoms with van der Waals surface area (Å²) in [7, 11) is 1.33. The van der Waals surface area contributed by atoms with E-state index in [1.807, 2.05) is 0 Å². The number of carbonyl (C=O) groups is 1. The molecule has 0 aromatic heterocycles. The summed E-state index contributed by atoms with van der Waals surface area (Å²) in [6.07, 6.45) is 0.599. The fourth-order valence-electron chi connectivity index (χ4n) is 0.536. The van der Waals surface area contributed by atoms with Crippen molar-refractivity contribution < 1.29 is 9.53 Å². The molecule has 0 aliphatic carbocycles. The summed E-state index contributed by atoms with van der Waals surface area (Å²) in [5, 5.41) is -0.547. The summed E-state index contributed by atoms with van der Waals surface area (Å²) >= 11 is 16.0. The Morgan fingerprint density at radius 3 is 2.42 bits per heavy atom. The maximum Gasteiger partial charge on any atom is 0.323 e. The van der Waals surface area contributed by atoms with Crippen LogP contribution in [0.15, 0.2) is 0 Å². The Hall–Kier alpha value is 1.42. The summed E-state index contributed by atoms with van der Waals surface area (Å²) in [5.41, 5.74) is 0. The van der Waals surface area contributed by atoms with E-state index in [4.69, 9.17) is 11.6 Å². The molecule has 0 spiro atoms. The van der Waals surface area contributed by atoms with E-state index in [1.54, 1.807) is 0 Å². The zero-order valence-electron chi connectivity index (χ0n) is 6.32. The third-order valence-corrected chi connectivity index (χ3v) is 5.96. The molecule has 72 valence electrons. The van der Waals surface area contributed by atoms with Gasteiger partial charge in [-0.3, -0.25) is 4.79 Å². The van der Waals surface area contributed by atoms with Crippen molar-refractivity contribution >= 4 is 67.4 Å². The molecule has 1 unspecified atom stereocenters. The van der Waals surface area contributed by atoms with E-state index in [-0.39, 0.29) is 5.97 Å². The predicted octanol–water partition coefficient (Wildman–Crippen LogP) is 3.28. The number of ether oxygens (including phenoxy) is 1. The van der Waals surface area contributed by atoms with E-state index in [0.717, 1.165) is 6.04 Å². The molecule has 0 amide bonds. The highest BCUT2D eigenvalue weighted by Crippen LogP contribution is 2.34. The Labute approximate surface area is 101 Å². The Bertz CT molecular complexity index is 161. The summed E-state index contributed by atoms with van der Waals surface area (Å²) in [6, 6.07) is 0.816. The van der Waals surface area contributed by atoms with Gasteiger partial charge in [0.2, 0.25) is 0 Å². The number of methoxy groups -OCH3 is 1. The van der Waals surface area contributed by atoms with E-state index in [1.165, 1.54) is 7.11 Å². The fourth-order valence-corrected chi connectivity index (χ4v) is 3.59. The summed E-state index contributed by atoms with van der Waals surface area (Å²) in [5.74, 6) is -0.373. The Morgan fingerprint density at radius 2 is 2.08 bits per heavy atom. The molecule has 0 fully saturated rings. The van der Waals surface area contributed by atoms with Crippen LogP contribution in [0.1, 0.15) is 6.42 Å². The van der Waals surface area contributed by atoms with Gasteiger partial charge >= 0.3 is 5.97 Å². The minimum Gasteiger partial charge on any atom is -0.468 e. The lowest BCUT2D eigenvalue weighted by atomic mass is 10.3. The van der Waals surface area contributed by atoms with Gasteiger partial charge in [-0.25, -0.2) is 0 Å². The third kappa shape index (κ3) is 6.88. The number of halogens is 4. The first-order valence-corrected chi connectivity index (χ1v) is 12.6. The van der Waals surface area contributed by atoms with E-state index >= 15 is 0 Å². The molecule has 0 aromatic carbocycles. The van der Waals surface area contributed by atoms with E-state index in [9.17, 15) is 4.79 Å². The van der Waals surface area contributed by atoms with Gasteiger partial charge < -0.3 is 4.74 Å². The molecule has 7 heteroatoms. The minimum absolute atomic E-state index is 0.373. The Balaban J connectivity index is 3.72. The number of hydrogen-bond acceptors (Lipinski definition) is 2. The molecule has 0 aliphatic rings. The van der Waals surface area contributed by atoms with Gasteiger partial charge in [0.05, 0.1) is 7.11 Å². The first-order chi connectivity index (χ1) is 5.37. The molecule has 0 aliphatic heterocycles. The molecule has 2 nitrogen and oxygen atoms in total. The molecule has 12 heavy (non-hydrogen) atoms. The van der Waals surface area contributed by atoms with Crippen LogP contribution in [-0.4, -0.2) is 22.4 Å². The normalized spacial score (nSPS) is 14.1. The molecule has 0 saturated carbocycles. The molecular formula is C5H8Br3ClO2Si. The van der Waals surface area contributed by atoms with E-state index in [2.05, 4.69) is 50.6 Å². The largest absolute Gasteiger partial charge is 0.468 e. The first-order valence-electron chi connectivity index (χ1n) is 3.15.